The fourth-order valence-corrected chi connectivity index (χ4v) is 2.88. The van der Waals surface area contributed by atoms with Gasteiger partial charge in [0, 0.05) is 20.1 Å². The quantitative estimate of drug-likeness (QED) is 0.720. The van der Waals surface area contributed by atoms with Crippen LogP contribution in [0.15, 0.2) is 39.9 Å². The van der Waals surface area contributed by atoms with E-state index < -0.39 is 0 Å². The number of aryl methyl sites for hydroxylation is 2. The highest BCUT2D eigenvalue weighted by Gasteiger charge is 2.18. The molecule has 126 valence electrons. The molecule has 0 aliphatic rings. The van der Waals surface area contributed by atoms with Gasteiger partial charge in [-0.1, -0.05) is 37.3 Å². The van der Waals surface area contributed by atoms with Crippen molar-refractivity contribution in [3.05, 3.63) is 56.7 Å². The van der Waals surface area contributed by atoms with Gasteiger partial charge in [0.05, 0.1) is 0 Å². The topological polar surface area (TPSA) is 84.7 Å². The minimum atomic E-state index is -0.306. The first-order valence-electron chi connectivity index (χ1n) is 8.10. The molecule has 0 spiro atoms. The van der Waals surface area contributed by atoms with Crippen LogP contribution in [0.3, 0.4) is 0 Å². The predicted molar refractivity (Wildman–Crippen MR) is 94.6 cm³/mol. The Morgan fingerprint density at radius 1 is 1.12 bits per heavy atom. The number of hydrogen-bond acceptors (Lipinski definition) is 4. The molecular weight excluding hydrogens is 306 g/mol. The van der Waals surface area contributed by atoms with Crippen LogP contribution in [0.4, 0.5) is 5.82 Å². The van der Waals surface area contributed by atoms with Crippen LogP contribution in [-0.2, 0) is 19.5 Å². The van der Waals surface area contributed by atoms with E-state index in [1.54, 1.807) is 11.6 Å². The molecule has 0 saturated heterocycles. The summed E-state index contributed by atoms with van der Waals surface area (Å²) < 4.78 is 2.88. The van der Waals surface area contributed by atoms with E-state index in [9.17, 15) is 9.59 Å². The molecule has 0 saturated carbocycles. The van der Waals surface area contributed by atoms with Crippen LogP contribution in [0.1, 0.15) is 18.9 Å². The van der Waals surface area contributed by atoms with Crippen LogP contribution in [0.5, 0.6) is 0 Å². The van der Waals surface area contributed by atoms with Crippen LogP contribution in [-0.4, -0.2) is 26.4 Å². The lowest BCUT2D eigenvalue weighted by atomic mass is 10.1. The number of hydrogen-bond donors (Lipinski definition) is 2. The molecular formula is C17H21N5O2. The Labute approximate surface area is 138 Å². The van der Waals surface area contributed by atoms with Gasteiger partial charge in [0.15, 0.2) is 5.65 Å². The molecule has 7 heteroatoms. The first-order valence-corrected chi connectivity index (χ1v) is 8.10. The Morgan fingerprint density at radius 2 is 1.88 bits per heavy atom. The Hall–Kier alpha value is -2.83. The van der Waals surface area contributed by atoms with Crippen molar-refractivity contribution in [2.24, 2.45) is 0 Å². The van der Waals surface area contributed by atoms with E-state index in [1.165, 1.54) is 4.57 Å². The van der Waals surface area contributed by atoms with Gasteiger partial charge in [0.25, 0.3) is 5.56 Å². The van der Waals surface area contributed by atoms with Crippen LogP contribution < -0.4 is 16.6 Å². The van der Waals surface area contributed by atoms with Crippen LogP contribution in [0.25, 0.3) is 11.0 Å². The van der Waals surface area contributed by atoms with Crippen molar-refractivity contribution in [1.29, 1.82) is 0 Å². The summed E-state index contributed by atoms with van der Waals surface area (Å²) in [5.74, 6) is 0.535. The van der Waals surface area contributed by atoms with E-state index in [2.05, 4.69) is 15.5 Å². The van der Waals surface area contributed by atoms with Crippen molar-refractivity contribution in [3.63, 3.8) is 0 Å². The van der Waals surface area contributed by atoms with Crippen molar-refractivity contribution in [2.45, 2.75) is 32.9 Å². The van der Waals surface area contributed by atoms with Gasteiger partial charge in [-0.3, -0.25) is 19.0 Å². The molecule has 24 heavy (non-hydrogen) atoms. The average Bonchev–Trinajstić information content (AvgIpc) is 3.03. The summed E-state index contributed by atoms with van der Waals surface area (Å²) >= 11 is 0. The van der Waals surface area contributed by atoms with E-state index >= 15 is 0 Å². The Morgan fingerprint density at radius 3 is 2.54 bits per heavy atom. The molecule has 7 nitrogen and oxygen atoms in total. The standard InChI is InChI=1S/C17H21N5O2/c1-3-10-22-16(23)13-14(18-2)19-20-15(13)21(17(22)24)11-9-12-7-5-4-6-8-12/h4-8H,3,9-11H2,1-2H3,(H2,18,19,20). The molecule has 3 aromatic rings. The van der Waals surface area contributed by atoms with Crippen LogP contribution in [0, 0.1) is 0 Å². The average molecular weight is 327 g/mol. The number of benzene rings is 1. The van der Waals surface area contributed by atoms with Gasteiger partial charge in [-0.15, -0.1) is 0 Å². The van der Waals surface area contributed by atoms with Gasteiger partial charge in [0.2, 0.25) is 0 Å². The lowest BCUT2D eigenvalue weighted by Gasteiger charge is -2.11. The summed E-state index contributed by atoms with van der Waals surface area (Å²) in [6, 6.07) is 9.95. The molecule has 0 unspecified atom stereocenters. The first-order chi connectivity index (χ1) is 11.7. The summed E-state index contributed by atoms with van der Waals surface area (Å²) in [5, 5.41) is 10.4. The molecule has 0 fully saturated rings. The van der Waals surface area contributed by atoms with Gasteiger partial charge >= 0.3 is 5.69 Å². The maximum absolute atomic E-state index is 12.8. The van der Waals surface area contributed by atoms with Gasteiger partial charge in [0.1, 0.15) is 11.2 Å². The van der Waals surface area contributed by atoms with Gasteiger partial charge in [-0.05, 0) is 18.4 Å². The SMILES string of the molecule is CCCn1c(=O)c2c(NC)[nH]nc2n(CCc2ccccc2)c1=O. The van der Waals surface area contributed by atoms with Crippen LogP contribution >= 0.6 is 0 Å². The van der Waals surface area contributed by atoms with Crippen molar-refractivity contribution in [3.8, 4) is 0 Å². The zero-order chi connectivity index (χ0) is 17.1. The first kappa shape index (κ1) is 16.0. The minimum absolute atomic E-state index is 0.300. The number of H-pyrrole nitrogens is 1. The van der Waals surface area contributed by atoms with E-state index in [1.807, 2.05) is 37.3 Å². The molecule has 2 N–H and O–H groups in total. The highest BCUT2D eigenvalue weighted by molar-refractivity contribution is 5.86. The fourth-order valence-electron chi connectivity index (χ4n) is 2.88. The number of aromatic amines is 1. The van der Waals surface area contributed by atoms with E-state index in [4.69, 9.17) is 0 Å². The summed E-state index contributed by atoms with van der Waals surface area (Å²) in [5.41, 5.74) is 0.929. The highest BCUT2D eigenvalue weighted by Crippen LogP contribution is 2.15. The van der Waals surface area contributed by atoms with Crippen molar-refractivity contribution >= 4 is 16.9 Å². The van der Waals surface area contributed by atoms with Gasteiger partial charge in [-0.25, -0.2) is 4.79 Å². The molecule has 0 atom stereocenters. The van der Waals surface area contributed by atoms with E-state index in [0.29, 0.717) is 42.8 Å². The second-order valence-corrected chi connectivity index (χ2v) is 5.67. The van der Waals surface area contributed by atoms with Crippen LogP contribution in [0.2, 0.25) is 0 Å². The Balaban J connectivity index is 2.13. The van der Waals surface area contributed by atoms with Gasteiger partial charge < -0.3 is 5.32 Å². The third-order valence-corrected chi connectivity index (χ3v) is 4.09. The molecule has 1 aromatic carbocycles. The number of nitrogens with zero attached hydrogens (tertiary/aromatic N) is 3. The number of aromatic nitrogens is 4. The van der Waals surface area contributed by atoms with E-state index in [0.717, 1.165) is 5.56 Å². The second kappa shape index (κ2) is 6.74. The molecule has 2 heterocycles. The van der Waals surface area contributed by atoms with Crippen molar-refractivity contribution in [1.82, 2.24) is 19.3 Å². The number of rotatable bonds is 6. The molecule has 0 amide bonds. The van der Waals surface area contributed by atoms with Crippen molar-refractivity contribution < 1.29 is 0 Å². The van der Waals surface area contributed by atoms with E-state index in [-0.39, 0.29) is 11.2 Å². The number of anilines is 1. The summed E-state index contributed by atoms with van der Waals surface area (Å²) in [6.07, 6.45) is 1.41. The Bertz CT molecular complexity index is 953. The zero-order valence-corrected chi connectivity index (χ0v) is 13.9. The maximum Gasteiger partial charge on any atom is 0.332 e. The normalized spacial score (nSPS) is 11.1. The minimum Gasteiger partial charge on any atom is -0.373 e. The third kappa shape index (κ3) is 2.73. The fraction of sp³-hybridized carbons (Fsp3) is 0.353. The summed E-state index contributed by atoms with van der Waals surface area (Å²) in [6.45, 7) is 2.81. The summed E-state index contributed by atoms with van der Waals surface area (Å²) in [4.78, 5) is 25.4. The molecule has 0 aliphatic carbocycles. The number of nitrogens with one attached hydrogen (secondary N) is 2. The molecule has 0 aliphatic heterocycles. The lowest BCUT2D eigenvalue weighted by Crippen LogP contribution is -2.40. The number of fused-ring (bicyclic) bond motifs is 1. The monoisotopic (exact) mass is 327 g/mol. The molecule has 3 rings (SSSR count). The van der Waals surface area contributed by atoms with Gasteiger partial charge in [-0.2, -0.15) is 5.10 Å². The largest absolute Gasteiger partial charge is 0.373 e. The maximum atomic E-state index is 12.8. The highest BCUT2D eigenvalue weighted by atomic mass is 16.2. The molecule has 0 bridgehead atoms. The third-order valence-electron chi connectivity index (χ3n) is 4.09. The summed E-state index contributed by atoms with van der Waals surface area (Å²) in [7, 11) is 1.72. The molecule has 2 aromatic heterocycles. The molecule has 0 radical (unpaired) electrons. The zero-order valence-electron chi connectivity index (χ0n) is 13.9. The Kier molecular flexibility index (Phi) is 4.50. The second-order valence-electron chi connectivity index (χ2n) is 5.67. The predicted octanol–water partition coefficient (Wildman–Crippen LogP) is 1.58. The smallest absolute Gasteiger partial charge is 0.332 e. The lowest BCUT2D eigenvalue weighted by molar-refractivity contribution is 0.560. The van der Waals surface area contributed by atoms with Crippen molar-refractivity contribution in [2.75, 3.05) is 12.4 Å².